The van der Waals surface area contributed by atoms with Crippen molar-refractivity contribution in [3.8, 4) is 5.75 Å². The van der Waals surface area contributed by atoms with Crippen molar-refractivity contribution in [2.75, 3.05) is 21.2 Å². The van der Waals surface area contributed by atoms with Crippen LogP contribution in [-0.2, 0) is 11.2 Å². The van der Waals surface area contributed by atoms with Crippen LogP contribution in [0, 0.1) is 0 Å². The first-order valence-electron chi connectivity index (χ1n) is 5.63. The molecule has 0 saturated carbocycles. The van der Waals surface area contributed by atoms with Gasteiger partial charge in [0.05, 0.1) is 7.11 Å². The summed E-state index contributed by atoms with van der Waals surface area (Å²) in [5.41, 5.74) is 2.70. The Balaban J connectivity index is 3.18. The first-order valence-corrected chi connectivity index (χ1v) is 5.63. The molecule has 0 radical (unpaired) electrons. The Kier molecular flexibility index (Phi) is 4.76. The van der Waals surface area contributed by atoms with E-state index in [9.17, 15) is 4.79 Å². The Hall–Kier alpha value is -1.77. The molecule has 17 heavy (non-hydrogen) atoms. The van der Waals surface area contributed by atoms with Gasteiger partial charge in [0.25, 0.3) is 0 Å². The first kappa shape index (κ1) is 13.3. The zero-order valence-corrected chi connectivity index (χ0v) is 10.9. The molecule has 0 unspecified atom stereocenters. The highest BCUT2D eigenvalue weighted by Crippen LogP contribution is 2.23. The molecule has 0 N–H and O–H groups in total. The maximum atomic E-state index is 11.1. The molecular formula is C14H19NO2. The summed E-state index contributed by atoms with van der Waals surface area (Å²) in [5, 5.41) is 0. The van der Waals surface area contributed by atoms with Gasteiger partial charge in [0.15, 0.2) is 6.29 Å². The smallest absolute Gasteiger partial charge is 0.152 e. The summed E-state index contributed by atoms with van der Waals surface area (Å²) in [5.74, 6) is 0.867. The van der Waals surface area contributed by atoms with Crippen LogP contribution in [0.5, 0.6) is 5.75 Å². The molecule has 1 aromatic rings. The summed E-state index contributed by atoms with van der Waals surface area (Å²) in [6, 6.07) is 5.81. The molecule has 0 fully saturated rings. The monoisotopic (exact) mass is 233 g/mol. The SMILES string of the molecule is CCc1cc(/C(C=O)=C/N(C)C)ccc1OC. The van der Waals surface area contributed by atoms with Crippen LogP contribution < -0.4 is 4.74 Å². The Bertz CT molecular complexity index is 422. The third kappa shape index (κ3) is 3.34. The van der Waals surface area contributed by atoms with E-state index >= 15 is 0 Å². The van der Waals surface area contributed by atoms with E-state index in [4.69, 9.17) is 4.74 Å². The molecule has 0 amide bonds. The van der Waals surface area contributed by atoms with Gasteiger partial charge in [0, 0.05) is 25.9 Å². The third-order valence-corrected chi connectivity index (χ3v) is 2.52. The molecule has 1 rings (SSSR count). The highest BCUT2D eigenvalue weighted by molar-refractivity contribution is 6.06. The minimum atomic E-state index is 0.673. The lowest BCUT2D eigenvalue weighted by Crippen LogP contribution is -2.03. The molecule has 0 aromatic heterocycles. The standard InChI is InChI=1S/C14H19NO2/c1-5-11-8-12(6-7-14(11)17-4)13(10-16)9-15(2)3/h6-10H,5H2,1-4H3/b13-9+. The van der Waals surface area contributed by atoms with Gasteiger partial charge in [-0.15, -0.1) is 0 Å². The fraction of sp³-hybridized carbons (Fsp3) is 0.357. The van der Waals surface area contributed by atoms with Crippen molar-refractivity contribution < 1.29 is 9.53 Å². The number of aldehydes is 1. The zero-order chi connectivity index (χ0) is 12.8. The second-order valence-electron chi connectivity index (χ2n) is 4.05. The van der Waals surface area contributed by atoms with E-state index in [2.05, 4.69) is 6.92 Å². The number of aryl methyl sites for hydroxylation is 1. The van der Waals surface area contributed by atoms with Crippen molar-refractivity contribution in [1.82, 2.24) is 4.90 Å². The first-order chi connectivity index (χ1) is 8.12. The topological polar surface area (TPSA) is 29.5 Å². The lowest BCUT2D eigenvalue weighted by Gasteiger charge is -2.11. The largest absolute Gasteiger partial charge is 0.496 e. The molecule has 1 aromatic carbocycles. The number of ether oxygens (including phenoxy) is 1. The predicted octanol–water partition coefficient (Wildman–Crippen LogP) is 2.36. The number of hydrogen-bond acceptors (Lipinski definition) is 3. The molecule has 0 bridgehead atoms. The van der Waals surface area contributed by atoms with Gasteiger partial charge >= 0.3 is 0 Å². The van der Waals surface area contributed by atoms with Crippen LogP contribution in [0.25, 0.3) is 5.57 Å². The van der Waals surface area contributed by atoms with Crippen LogP contribution in [0.2, 0.25) is 0 Å². The summed E-state index contributed by atoms with van der Waals surface area (Å²) in [6.45, 7) is 2.07. The molecule has 0 aliphatic heterocycles. The van der Waals surface area contributed by atoms with Gasteiger partial charge in [-0.3, -0.25) is 4.79 Å². The maximum absolute atomic E-state index is 11.1. The van der Waals surface area contributed by atoms with Gasteiger partial charge < -0.3 is 9.64 Å². The second kappa shape index (κ2) is 6.09. The summed E-state index contributed by atoms with van der Waals surface area (Å²) < 4.78 is 5.27. The Morgan fingerprint density at radius 2 is 2.12 bits per heavy atom. The lowest BCUT2D eigenvalue weighted by atomic mass is 10.0. The number of nitrogens with zero attached hydrogens (tertiary/aromatic N) is 1. The highest BCUT2D eigenvalue weighted by atomic mass is 16.5. The van der Waals surface area contributed by atoms with Crippen molar-refractivity contribution in [2.45, 2.75) is 13.3 Å². The number of rotatable bonds is 5. The fourth-order valence-electron chi connectivity index (χ4n) is 1.69. The molecule has 0 heterocycles. The van der Waals surface area contributed by atoms with E-state index in [1.807, 2.05) is 43.4 Å². The van der Waals surface area contributed by atoms with E-state index in [1.54, 1.807) is 7.11 Å². The number of hydrogen-bond donors (Lipinski definition) is 0. The molecule has 3 heteroatoms. The van der Waals surface area contributed by atoms with Crippen LogP contribution in [-0.4, -0.2) is 32.4 Å². The van der Waals surface area contributed by atoms with Gasteiger partial charge in [0.2, 0.25) is 0 Å². The highest BCUT2D eigenvalue weighted by Gasteiger charge is 2.06. The average Bonchev–Trinajstić information content (AvgIpc) is 2.34. The quantitative estimate of drug-likeness (QED) is 0.577. The molecular weight excluding hydrogens is 214 g/mol. The number of allylic oxidation sites excluding steroid dienone is 1. The molecule has 0 spiro atoms. The second-order valence-corrected chi connectivity index (χ2v) is 4.05. The van der Waals surface area contributed by atoms with E-state index in [0.29, 0.717) is 5.57 Å². The van der Waals surface area contributed by atoms with Crippen LogP contribution in [0.15, 0.2) is 24.4 Å². The van der Waals surface area contributed by atoms with Crippen LogP contribution in [0.4, 0.5) is 0 Å². The molecule has 3 nitrogen and oxygen atoms in total. The summed E-state index contributed by atoms with van der Waals surface area (Å²) in [6.07, 6.45) is 3.57. The van der Waals surface area contributed by atoms with Crippen molar-refractivity contribution >= 4 is 11.9 Å². The molecule has 0 saturated heterocycles. The molecule has 0 atom stereocenters. The van der Waals surface area contributed by atoms with Crippen LogP contribution >= 0.6 is 0 Å². The fourth-order valence-corrected chi connectivity index (χ4v) is 1.69. The Morgan fingerprint density at radius 1 is 1.41 bits per heavy atom. The van der Waals surface area contributed by atoms with Crippen molar-refractivity contribution in [1.29, 1.82) is 0 Å². The Labute approximate surface area is 103 Å². The summed E-state index contributed by atoms with van der Waals surface area (Å²) in [7, 11) is 5.45. The van der Waals surface area contributed by atoms with Gasteiger partial charge in [-0.25, -0.2) is 0 Å². The normalized spacial score (nSPS) is 11.2. The third-order valence-electron chi connectivity index (χ3n) is 2.52. The predicted molar refractivity (Wildman–Crippen MR) is 70.1 cm³/mol. The van der Waals surface area contributed by atoms with Crippen molar-refractivity contribution in [3.05, 3.63) is 35.5 Å². The summed E-state index contributed by atoms with van der Waals surface area (Å²) in [4.78, 5) is 12.9. The lowest BCUT2D eigenvalue weighted by molar-refractivity contribution is -0.103. The van der Waals surface area contributed by atoms with Crippen molar-refractivity contribution in [3.63, 3.8) is 0 Å². The molecule has 0 aliphatic carbocycles. The Morgan fingerprint density at radius 3 is 2.59 bits per heavy atom. The van der Waals surface area contributed by atoms with Gasteiger partial charge in [-0.1, -0.05) is 13.0 Å². The average molecular weight is 233 g/mol. The van der Waals surface area contributed by atoms with Gasteiger partial charge in [-0.05, 0) is 29.7 Å². The van der Waals surface area contributed by atoms with E-state index in [1.165, 1.54) is 0 Å². The van der Waals surface area contributed by atoms with Crippen LogP contribution in [0.1, 0.15) is 18.1 Å². The minimum absolute atomic E-state index is 0.673. The summed E-state index contributed by atoms with van der Waals surface area (Å²) >= 11 is 0. The zero-order valence-electron chi connectivity index (χ0n) is 10.9. The minimum Gasteiger partial charge on any atom is -0.496 e. The van der Waals surface area contributed by atoms with Gasteiger partial charge in [0.1, 0.15) is 5.75 Å². The number of benzene rings is 1. The molecule has 92 valence electrons. The van der Waals surface area contributed by atoms with Crippen LogP contribution in [0.3, 0.4) is 0 Å². The number of carbonyl (C=O) groups is 1. The number of methoxy groups -OCH3 is 1. The molecule has 0 aliphatic rings. The maximum Gasteiger partial charge on any atom is 0.152 e. The van der Waals surface area contributed by atoms with E-state index in [0.717, 1.165) is 29.6 Å². The van der Waals surface area contributed by atoms with E-state index < -0.39 is 0 Å². The van der Waals surface area contributed by atoms with Crippen molar-refractivity contribution in [2.24, 2.45) is 0 Å². The number of carbonyl (C=O) groups excluding carboxylic acids is 1. The van der Waals surface area contributed by atoms with E-state index in [-0.39, 0.29) is 0 Å². The van der Waals surface area contributed by atoms with Gasteiger partial charge in [-0.2, -0.15) is 0 Å².